The molecule has 2 N–H and O–H groups in total. The second-order valence-corrected chi connectivity index (χ2v) is 4.70. The first-order valence-electron chi connectivity index (χ1n) is 6.44. The summed E-state index contributed by atoms with van der Waals surface area (Å²) in [6, 6.07) is 9.45. The number of ether oxygens (including phenoxy) is 1. The molecule has 1 atom stereocenters. The summed E-state index contributed by atoms with van der Waals surface area (Å²) in [5, 5.41) is 0. The van der Waals surface area contributed by atoms with Crippen molar-refractivity contribution in [2.45, 2.75) is 19.8 Å². The molecule has 4 heteroatoms. The second-order valence-electron chi connectivity index (χ2n) is 4.70. The number of pyridine rings is 1. The molecule has 0 fully saturated rings. The Labute approximate surface area is 118 Å². The highest BCUT2D eigenvalue weighted by Gasteiger charge is 2.19. The van der Waals surface area contributed by atoms with Crippen LogP contribution in [-0.4, -0.2) is 18.0 Å². The minimum atomic E-state index is -0.432. The Morgan fingerprint density at radius 3 is 2.65 bits per heavy atom. The van der Waals surface area contributed by atoms with Gasteiger partial charge in [-0.2, -0.15) is 0 Å². The van der Waals surface area contributed by atoms with E-state index in [1.165, 1.54) is 0 Å². The van der Waals surface area contributed by atoms with Crippen LogP contribution in [0.2, 0.25) is 0 Å². The summed E-state index contributed by atoms with van der Waals surface area (Å²) in [5.74, 6) is 0.398. The van der Waals surface area contributed by atoms with Crippen molar-refractivity contribution in [3.8, 4) is 5.75 Å². The quantitative estimate of drug-likeness (QED) is 0.928. The summed E-state index contributed by atoms with van der Waals surface area (Å²) in [7, 11) is 1.64. The fourth-order valence-electron chi connectivity index (χ4n) is 2.43. The van der Waals surface area contributed by atoms with Gasteiger partial charge >= 0.3 is 0 Å². The Kier molecular flexibility index (Phi) is 4.03. The predicted octanol–water partition coefficient (Wildman–Crippen LogP) is 2.65. The molecule has 104 valence electrons. The number of para-hydroxylation sites is 1. The first-order valence-corrected chi connectivity index (χ1v) is 6.44. The molecule has 0 unspecified atom stereocenters. The van der Waals surface area contributed by atoms with E-state index in [1.54, 1.807) is 19.4 Å². The van der Waals surface area contributed by atoms with Crippen LogP contribution in [0.15, 0.2) is 36.5 Å². The number of benzene rings is 1. The van der Waals surface area contributed by atoms with Crippen molar-refractivity contribution in [2.24, 2.45) is 5.73 Å². The van der Waals surface area contributed by atoms with Gasteiger partial charge in [0, 0.05) is 23.2 Å². The van der Waals surface area contributed by atoms with Gasteiger partial charge < -0.3 is 10.5 Å². The van der Waals surface area contributed by atoms with Crippen molar-refractivity contribution >= 4 is 5.91 Å². The van der Waals surface area contributed by atoms with Crippen molar-refractivity contribution in [1.82, 2.24) is 4.98 Å². The van der Waals surface area contributed by atoms with Crippen LogP contribution in [0.1, 0.15) is 40.0 Å². The highest BCUT2D eigenvalue weighted by Crippen LogP contribution is 2.32. The molecular weight excluding hydrogens is 252 g/mol. The Hall–Kier alpha value is -2.36. The van der Waals surface area contributed by atoms with Crippen molar-refractivity contribution < 1.29 is 9.53 Å². The van der Waals surface area contributed by atoms with E-state index in [4.69, 9.17) is 10.5 Å². The zero-order valence-corrected chi connectivity index (χ0v) is 11.9. The third-order valence-corrected chi connectivity index (χ3v) is 3.52. The lowest BCUT2D eigenvalue weighted by Crippen LogP contribution is -2.15. The number of aromatic nitrogens is 1. The van der Waals surface area contributed by atoms with E-state index < -0.39 is 5.91 Å². The fourth-order valence-corrected chi connectivity index (χ4v) is 2.43. The number of methoxy groups -OCH3 is 1. The van der Waals surface area contributed by atoms with Gasteiger partial charge in [-0.05, 0) is 24.6 Å². The van der Waals surface area contributed by atoms with Gasteiger partial charge in [0.15, 0.2) is 0 Å². The number of carbonyl (C=O) groups is 1. The number of primary amides is 1. The molecule has 0 saturated heterocycles. The number of hydrogen-bond donors (Lipinski definition) is 1. The van der Waals surface area contributed by atoms with E-state index in [1.807, 2.05) is 38.1 Å². The van der Waals surface area contributed by atoms with Gasteiger partial charge in [-0.1, -0.05) is 25.1 Å². The molecule has 1 amide bonds. The Balaban J connectivity index is 2.51. The minimum Gasteiger partial charge on any atom is -0.496 e. The summed E-state index contributed by atoms with van der Waals surface area (Å²) >= 11 is 0. The van der Waals surface area contributed by atoms with E-state index in [0.717, 1.165) is 22.6 Å². The molecule has 0 saturated carbocycles. The maximum Gasteiger partial charge on any atom is 0.249 e. The smallest absolute Gasteiger partial charge is 0.249 e. The van der Waals surface area contributed by atoms with Crippen molar-refractivity contribution in [3.05, 3.63) is 58.9 Å². The molecular formula is C16H18N2O2. The highest BCUT2D eigenvalue weighted by molar-refractivity contribution is 5.94. The van der Waals surface area contributed by atoms with Gasteiger partial charge in [0.2, 0.25) is 5.91 Å². The first-order chi connectivity index (χ1) is 9.56. The third-order valence-electron chi connectivity index (χ3n) is 3.52. The summed E-state index contributed by atoms with van der Waals surface area (Å²) < 4.78 is 5.39. The monoisotopic (exact) mass is 270 g/mol. The summed E-state index contributed by atoms with van der Waals surface area (Å²) in [6.45, 7) is 3.91. The first kappa shape index (κ1) is 14.1. The van der Waals surface area contributed by atoms with Gasteiger partial charge in [0.1, 0.15) is 5.75 Å². The zero-order chi connectivity index (χ0) is 14.7. The average Bonchev–Trinajstić information content (AvgIpc) is 2.46. The van der Waals surface area contributed by atoms with Crippen molar-refractivity contribution in [3.63, 3.8) is 0 Å². The lowest BCUT2D eigenvalue weighted by atomic mass is 9.92. The topological polar surface area (TPSA) is 65.2 Å². The summed E-state index contributed by atoms with van der Waals surface area (Å²) in [6.07, 6.45) is 1.62. The van der Waals surface area contributed by atoms with Gasteiger partial charge in [0.25, 0.3) is 0 Å². The molecule has 1 aromatic heterocycles. The SMILES string of the molecule is COc1ccccc1[C@H](C)c1nccc(C(N)=O)c1C. The molecule has 0 radical (unpaired) electrons. The zero-order valence-electron chi connectivity index (χ0n) is 11.9. The molecule has 2 aromatic rings. The normalized spacial score (nSPS) is 11.9. The van der Waals surface area contributed by atoms with E-state index in [-0.39, 0.29) is 5.92 Å². The Morgan fingerprint density at radius 2 is 2.00 bits per heavy atom. The summed E-state index contributed by atoms with van der Waals surface area (Å²) in [4.78, 5) is 15.8. The van der Waals surface area contributed by atoms with Crippen LogP contribution in [0, 0.1) is 6.92 Å². The Bertz CT molecular complexity index is 638. The van der Waals surface area contributed by atoms with Gasteiger partial charge in [-0.25, -0.2) is 0 Å². The van der Waals surface area contributed by atoms with E-state index in [2.05, 4.69) is 4.98 Å². The van der Waals surface area contributed by atoms with Crippen molar-refractivity contribution in [1.29, 1.82) is 0 Å². The molecule has 0 spiro atoms. The van der Waals surface area contributed by atoms with Gasteiger partial charge in [-0.15, -0.1) is 0 Å². The largest absolute Gasteiger partial charge is 0.496 e. The highest BCUT2D eigenvalue weighted by atomic mass is 16.5. The van der Waals surface area contributed by atoms with Crippen LogP contribution in [0.4, 0.5) is 0 Å². The third kappa shape index (κ3) is 2.50. The van der Waals surface area contributed by atoms with Gasteiger partial charge in [0.05, 0.1) is 12.8 Å². The molecule has 4 nitrogen and oxygen atoms in total. The molecule has 20 heavy (non-hydrogen) atoms. The van der Waals surface area contributed by atoms with Crippen LogP contribution in [0.3, 0.4) is 0 Å². The number of amides is 1. The molecule has 1 heterocycles. The van der Waals surface area contributed by atoms with Crippen LogP contribution in [0.25, 0.3) is 0 Å². The van der Waals surface area contributed by atoms with Crippen molar-refractivity contribution in [2.75, 3.05) is 7.11 Å². The van der Waals surface area contributed by atoms with E-state index in [0.29, 0.717) is 5.56 Å². The molecule has 0 aliphatic heterocycles. The van der Waals surface area contributed by atoms with Crippen LogP contribution >= 0.6 is 0 Å². The van der Waals surface area contributed by atoms with E-state index in [9.17, 15) is 4.79 Å². The lowest BCUT2D eigenvalue weighted by molar-refractivity contribution is 0.0999. The number of nitrogens with zero attached hydrogens (tertiary/aromatic N) is 1. The number of carbonyl (C=O) groups excluding carboxylic acids is 1. The molecule has 0 aliphatic rings. The minimum absolute atomic E-state index is 0.0189. The maximum absolute atomic E-state index is 11.4. The van der Waals surface area contributed by atoms with Crippen LogP contribution in [-0.2, 0) is 0 Å². The number of hydrogen-bond acceptors (Lipinski definition) is 3. The number of rotatable bonds is 4. The second kappa shape index (κ2) is 5.74. The average molecular weight is 270 g/mol. The van der Waals surface area contributed by atoms with Gasteiger partial charge in [-0.3, -0.25) is 9.78 Å². The standard InChI is InChI=1S/C16H18N2O2/c1-10(12-6-4-5-7-14(12)20-3)15-11(2)13(16(17)19)8-9-18-15/h4-10H,1-3H3,(H2,17,19)/t10-/m0/s1. The fraction of sp³-hybridized carbons (Fsp3) is 0.250. The molecule has 0 aliphatic carbocycles. The Morgan fingerprint density at radius 1 is 1.30 bits per heavy atom. The van der Waals surface area contributed by atoms with Crippen LogP contribution < -0.4 is 10.5 Å². The predicted molar refractivity (Wildman–Crippen MR) is 78.0 cm³/mol. The maximum atomic E-state index is 11.4. The molecule has 0 bridgehead atoms. The molecule has 1 aromatic carbocycles. The van der Waals surface area contributed by atoms with Crippen LogP contribution in [0.5, 0.6) is 5.75 Å². The lowest BCUT2D eigenvalue weighted by Gasteiger charge is -2.18. The number of nitrogens with two attached hydrogens (primary N) is 1. The summed E-state index contributed by atoms with van der Waals surface area (Å²) in [5.41, 5.74) is 8.59. The molecule has 2 rings (SSSR count). The van der Waals surface area contributed by atoms with E-state index >= 15 is 0 Å².